The molecule has 2 fully saturated rings. The van der Waals surface area contributed by atoms with Crippen LogP contribution in [-0.4, -0.2) is 79.3 Å². The molecule has 0 bridgehead atoms. The summed E-state index contributed by atoms with van der Waals surface area (Å²) < 4.78 is 26.5. The van der Waals surface area contributed by atoms with E-state index < -0.39 is 23.7 Å². The normalized spacial score (nSPS) is 16.4. The predicted octanol–water partition coefficient (Wildman–Crippen LogP) is 6.07. The molecule has 6 rings (SSSR count). The van der Waals surface area contributed by atoms with E-state index in [1.54, 1.807) is 27.2 Å². The number of ether oxygens (including phenoxy) is 2. The van der Waals surface area contributed by atoms with Gasteiger partial charge in [0.2, 0.25) is 0 Å². The summed E-state index contributed by atoms with van der Waals surface area (Å²) in [5, 5.41) is 14.4. The molecule has 1 saturated heterocycles. The first-order valence-corrected chi connectivity index (χ1v) is 16.3. The smallest absolute Gasteiger partial charge is 0.326 e. The molecular formula is C38H42FN3O5. The van der Waals surface area contributed by atoms with Crippen LogP contribution in [0, 0.1) is 12.7 Å². The Labute approximate surface area is 275 Å². The third-order valence-corrected chi connectivity index (χ3v) is 9.78. The van der Waals surface area contributed by atoms with Crippen LogP contribution < -0.4 is 14.8 Å². The summed E-state index contributed by atoms with van der Waals surface area (Å²) in [6, 6.07) is 19.5. The van der Waals surface area contributed by atoms with Crippen molar-refractivity contribution in [2.75, 3.05) is 40.4 Å². The van der Waals surface area contributed by atoms with Crippen LogP contribution in [0.15, 0.2) is 66.7 Å². The Morgan fingerprint density at radius 3 is 2.30 bits per heavy atom. The Balaban J connectivity index is 1.31. The lowest BCUT2D eigenvalue weighted by Crippen LogP contribution is -2.51. The Morgan fingerprint density at radius 1 is 0.915 bits per heavy atom. The molecule has 246 valence electrons. The molecule has 1 saturated carbocycles. The number of rotatable bonds is 11. The highest BCUT2D eigenvalue weighted by Gasteiger charge is 2.29. The van der Waals surface area contributed by atoms with Crippen molar-refractivity contribution in [3.05, 3.63) is 94.8 Å². The zero-order chi connectivity index (χ0) is 33.1. The summed E-state index contributed by atoms with van der Waals surface area (Å²) in [5.41, 5.74) is 3.82. The van der Waals surface area contributed by atoms with Crippen LogP contribution in [0.4, 0.5) is 4.39 Å². The number of aryl methyl sites for hydroxylation is 1. The molecule has 4 aromatic rings. The zero-order valence-electron chi connectivity index (χ0n) is 27.2. The first-order chi connectivity index (χ1) is 22.8. The van der Waals surface area contributed by atoms with Crippen molar-refractivity contribution in [1.82, 2.24) is 15.1 Å². The largest absolute Gasteiger partial charge is 0.496 e. The van der Waals surface area contributed by atoms with E-state index in [9.17, 15) is 19.1 Å². The third-order valence-electron chi connectivity index (χ3n) is 9.78. The summed E-state index contributed by atoms with van der Waals surface area (Å²) in [5.74, 6) is -1.23. The van der Waals surface area contributed by atoms with Gasteiger partial charge in [-0.3, -0.25) is 14.6 Å². The Hall–Kier alpha value is -4.47. The van der Waals surface area contributed by atoms with E-state index in [4.69, 9.17) is 9.47 Å². The molecule has 1 amide bonds. The number of carboxylic acids is 1. The van der Waals surface area contributed by atoms with E-state index in [0.29, 0.717) is 11.3 Å². The number of fused-ring (bicyclic) bond motifs is 1. The number of aliphatic carboxylic acids is 1. The van der Waals surface area contributed by atoms with E-state index in [-0.39, 0.29) is 12.0 Å². The molecule has 0 spiro atoms. The number of carbonyl (C=O) groups is 2. The van der Waals surface area contributed by atoms with Gasteiger partial charge in [-0.2, -0.15) is 0 Å². The van der Waals surface area contributed by atoms with Crippen molar-refractivity contribution < 1.29 is 28.6 Å². The summed E-state index contributed by atoms with van der Waals surface area (Å²) in [7, 11) is 3.33. The highest BCUT2D eigenvalue weighted by Crippen LogP contribution is 2.44. The average molecular weight is 640 g/mol. The van der Waals surface area contributed by atoms with E-state index in [1.807, 2.05) is 42.5 Å². The topological polar surface area (TPSA) is 91.3 Å². The monoisotopic (exact) mass is 639 g/mol. The molecule has 1 aliphatic heterocycles. The molecule has 1 atom stereocenters. The van der Waals surface area contributed by atoms with Crippen LogP contribution in [0.2, 0.25) is 0 Å². The van der Waals surface area contributed by atoms with Gasteiger partial charge in [0.25, 0.3) is 5.91 Å². The zero-order valence-corrected chi connectivity index (χ0v) is 27.2. The number of halogens is 1. The molecule has 47 heavy (non-hydrogen) atoms. The number of carboxylic acid groups (broad SMARTS) is 1. The standard InChI is InChI=1S/C38H42FN3O5/c1-24-8-4-15-31(39)34(24)37(43)40-32(38(44)45)22-25-9-5-13-29-28(25)12-7-14-30(29)35-33(46-2)17-16-26(36(35)47-3)23-41-18-20-42(21-19-41)27-10-6-11-27/h4-5,7-9,12-17,27,32H,6,10-11,18-23H2,1-3H3,(H,40,43)(H,44,45)/t32-/m0/s1. The molecule has 8 nitrogen and oxygen atoms in total. The molecule has 2 N–H and O–H groups in total. The van der Waals surface area contributed by atoms with Gasteiger partial charge in [0, 0.05) is 50.7 Å². The lowest BCUT2D eigenvalue weighted by molar-refractivity contribution is -0.139. The van der Waals surface area contributed by atoms with Crippen molar-refractivity contribution in [3.63, 3.8) is 0 Å². The first kappa shape index (κ1) is 32.5. The predicted molar refractivity (Wildman–Crippen MR) is 181 cm³/mol. The minimum Gasteiger partial charge on any atom is -0.496 e. The first-order valence-electron chi connectivity index (χ1n) is 16.3. The molecule has 0 aromatic heterocycles. The second kappa shape index (κ2) is 14.1. The molecule has 1 heterocycles. The van der Waals surface area contributed by atoms with Crippen LogP contribution in [-0.2, 0) is 17.8 Å². The maximum atomic E-state index is 14.5. The van der Waals surface area contributed by atoms with Crippen molar-refractivity contribution >= 4 is 22.6 Å². The number of hydrogen-bond donors (Lipinski definition) is 2. The minimum atomic E-state index is -1.27. The van der Waals surface area contributed by atoms with Gasteiger partial charge in [-0.15, -0.1) is 0 Å². The van der Waals surface area contributed by atoms with Gasteiger partial charge in [0.15, 0.2) is 0 Å². The van der Waals surface area contributed by atoms with Crippen molar-refractivity contribution in [1.29, 1.82) is 0 Å². The van der Waals surface area contributed by atoms with E-state index in [2.05, 4.69) is 21.2 Å². The second-order valence-electron chi connectivity index (χ2n) is 12.6. The Bertz CT molecular complexity index is 1760. The Kier molecular flexibility index (Phi) is 9.75. The van der Waals surface area contributed by atoms with Crippen molar-refractivity contribution in [3.8, 4) is 22.6 Å². The van der Waals surface area contributed by atoms with Crippen molar-refractivity contribution in [2.45, 2.75) is 51.2 Å². The number of piperazine rings is 1. The summed E-state index contributed by atoms with van der Waals surface area (Å²) >= 11 is 0. The highest BCUT2D eigenvalue weighted by molar-refractivity contribution is 6.02. The number of nitrogens with one attached hydrogen (secondary N) is 1. The fourth-order valence-electron chi connectivity index (χ4n) is 7.01. The lowest BCUT2D eigenvalue weighted by Gasteiger charge is -2.43. The van der Waals surface area contributed by atoms with Crippen LogP contribution in [0.3, 0.4) is 0 Å². The van der Waals surface area contributed by atoms with E-state index >= 15 is 0 Å². The number of hydrogen-bond acceptors (Lipinski definition) is 6. The van der Waals surface area contributed by atoms with Gasteiger partial charge < -0.3 is 19.9 Å². The molecule has 2 aliphatic rings. The lowest BCUT2D eigenvalue weighted by atomic mass is 9.91. The molecule has 0 unspecified atom stereocenters. The number of carbonyl (C=O) groups excluding carboxylic acids is 1. The summed E-state index contributed by atoms with van der Waals surface area (Å²) in [6.45, 7) is 6.57. The minimum absolute atomic E-state index is 0.0104. The van der Waals surface area contributed by atoms with E-state index in [0.717, 1.165) is 77.5 Å². The maximum Gasteiger partial charge on any atom is 0.326 e. The maximum absolute atomic E-state index is 14.5. The quantitative estimate of drug-likeness (QED) is 0.206. The number of methoxy groups -OCH3 is 2. The average Bonchev–Trinajstić information content (AvgIpc) is 3.04. The van der Waals surface area contributed by atoms with Gasteiger partial charge in [-0.25, -0.2) is 9.18 Å². The van der Waals surface area contributed by atoms with Crippen molar-refractivity contribution in [2.24, 2.45) is 0 Å². The number of benzene rings is 4. The van der Waals surface area contributed by atoms with Gasteiger partial charge in [0.1, 0.15) is 23.4 Å². The second-order valence-corrected chi connectivity index (χ2v) is 12.6. The van der Waals surface area contributed by atoms with Crippen LogP contribution in [0.5, 0.6) is 11.5 Å². The number of nitrogens with zero attached hydrogens (tertiary/aromatic N) is 2. The number of amides is 1. The van der Waals surface area contributed by atoms with Crippen LogP contribution in [0.25, 0.3) is 21.9 Å². The van der Waals surface area contributed by atoms with Gasteiger partial charge in [0.05, 0.1) is 25.3 Å². The molecule has 0 radical (unpaired) electrons. The highest BCUT2D eigenvalue weighted by atomic mass is 19.1. The molecule has 1 aliphatic carbocycles. The fraction of sp³-hybridized carbons (Fsp3) is 0.368. The SMILES string of the molecule is COc1ccc(CN2CCN(C3CCC3)CC2)c(OC)c1-c1cccc2c(C[C@H](NC(=O)c3c(C)cccc3F)C(=O)O)cccc12. The van der Waals surface area contributed by atoms with Gasteiger partial charge in [-0.05, 0) is 59.4 Å². The molecular weight excluding hydrogens is 597 g/mol. The summed E-state index contributed by atoms with van der Waals surface area (Å²) in [6.07, 6.45) is 4.00. The van der Waals surface area contributed by atoms with Gasteiger partial charge in [-0.1, -0.05) is 61.0 Å². The fourth-order valence-corrected chi connectivity index (χ4v) is 7.01. The molecule has 9 heteroatoms. The summed E-state index contributed by atoms with van der Waals surface area (Å²) in [4.78, 5) is 30.5. The van der Waals surface area contributed by atoms with Crippen LogP contribution in [0.1, 0.15) is 46.3 Å². The molecule has 4 aromatic carbocycles. The van der Waals surface area contributed by atoms with E-state index in [1.165, 1.54) is 31.4 Å². The van der Waals surface area contributed by atoms with Crippen LogP contribution >= 0.6 is 0 Å². The van der Waals surface area contributed by atoms with Gasteiger partial charge >= 0.3 is 5.97 Å². The Morgan fingerprint density at radius 2 is 1.64 bits per heavy atom. The third kappa shape index (κ3) is 6.68.